The molecule has 0 saturated carbocycles. The second-order valence-corrected chi connectivity index (χ2v) is 13.5. The van der Waals surface area contributed by atoms with E-state index in [4.69, 9.17) is 13.9 Å². The van der Waals surface area contributed by atoms with Crippen LogP contribution in [0.15, 0.2) is 0 Å². The largest absolute Gasteiger partial charge is 0.472 e. The van der Waals surface area contributed by atoms with Gasteiger partial charge in [0.1, 0.15) is 11.9 Å². The van der Waals surface area contributed by atoms with Crippen molar-refractivity contribution in [3.8, 4) is 5.88 Å². The van der Waals surface area contributed by atoms with Crippen LogP contribution in [0.2, 0.25) is 18.1 Å². The predicted octanol–water partition coefficient (Wildman–Crippen LogP) is 4.19. The van der Waals surface area contributed by atoms with Crippen molar-refractivity contribution >= 4 is 14.0 Å². The van der Waals surface area contributed by atoms with Gasteiger partial charge < -0.3 is 13.9 Å². The second kappa shape index (κ2) is 8.87. The molecule has 0 N–H and O–H groups in total. The second-order valence-electron chi connectivity index (χ2n) is 8.70. The number of ether oxygens (including phenoxy) is 2. The van der Waals surface area contributed by atoms with E-state index in [1.54, 1.807) is 6.92 Å². The molecular formula is C18H32FN3O5Si. The zero-order valence-electron chi connectivity index (χ0n) is 17.7. The van der Waals surface area contributed by atoms with Gasteiger partial charge in [0.15, 0.2) is 8.32 Å². The molecule has 160 valence electrons. The van der Waals surface area contributed by atoms with Crippen LogP contribution in [0.5, 0.6) is 5.88 Å². The Bertz CT molecular complexity index is 689. The Morgan fingerprint density at radius 3 is 2.64 bits per heavy atom. The summed E-state index contributed by atoms with van der Waals surface area (Å²) in [4.78, 5) is 11.0. The van der Waals surface area contributed by atoms with Gasteiger partial charge in [0.2, 0.25) is 0 Å². The van der Waals surface area contributed by atoms with Crippen molar-refractivity contribution in [2.45, 2.75) is 70.9 Å². The number of rotatable bonds is 8. The first-order valence-electron chi connectivity index (χ1n) is 9.68. The highest BCUT2D eigenvalue weighted by Crippen LogP contribution is 2.37. The highest BCUT2D eigenvalue weighted by Gasteiger charge is 2.37. The monoisotopic (exact) mass is 417 g/mol. The van der Waals surface area contributed by atoms with Crippen LogP contribution >= 0.6 is 0 Å². The predicted molar refractivity (Wildman–Crippen MR) is 106 cm³/mol. The number of hydrogen-bond donors (Lipinski definition) is 0. The summed E-state index contributed by atoms with van der Waals surface area (Å²) in [6, 6.07) is -0.577. The molecule has 1 aromatic heterocycles. The zero-order valence-corrected chi connectivity index (χ0v) is 18.7. The highest BCUT2D eigenvalue weighted by atomic mass is 28.4. The van der Waals surface area contributed by atoms with E-state index in [0.717, 1.165) is 0 Å². The van der Waals surface area contributed by atoms with Gasteiger partial charge in [0.05, 0.1) is 24.2 Å². The summed E-state index contributed by atoms with van der Waals surface area (Å²) in [6.45, 7) is 13.6. The first kappa shape index (κ1) is 22.8. The van der Waals surface area contributed by atoms with Crippen LogP contribution in [0.25, 0.3) is 0 Å². The number of nitro groups is 1. The lowest BCUT2D eigenvalue weighted by atomic mass is 10.1. The molecule has 0 spiro atoms. The van der Waals surface area contributed by atoms with Crippen molar-refractivity contribution in [2.75, 3.05) is 26.4 Å². The average Bonchev–Trinajstić information content (AvgIpc) is 2.90. The molecule has 1 fully saturated rings. The van der Waals surface area contributed by atoms with Gasteiger partial charge in [-0.15, -0.1) is 5.10 Å². The molecular weight excluding hydrogens is 385 g/mol. The van der Waals surface area contributed by atoms with Crippen molar-refractivity contribution in [3.05, 3.63) is 15.8 Å². The van der Waals surface area contributed by atoms with Crippen molar-refractivity contribution in [2.24, 2.45) is 0 Å². The van der Waals surface area contributed by atoms with Gasteiger partial charge in [-0.2, -0.15) is 0 Å². The lowest BCUT2D eigenvalue weighted by Gasteiger charge is -2.36. The van der Waals surface area contributed by atoms with Crippen LogP contribution in [0.1, 0.15) is 45.3 Å². The van der Waals surface area contributed by atoms with Crippen LogP contribution in [0.4, 0.5) is 10.1 Å². The molecule has 1 saturated heterocycles. The molecule has 28 heavy (non-hydrogen) atoms. The van der Waals surface area contributed by atoms with E-state index in [-0.39, 0.29) is 29.8 Å². The van der Waals surface area contributed by atoms with E-state index in [9.17, 15) is 14.5 Å². The molecule has 10 heteroatoms. The van der Waals surface area contributed by atoms with Gasteiger partial charge in [-0.1, -0.05) is 20.8 Å². The van der Waals surface area contributed by atoms with Gasteiger partial charge in [-0.3, -0.25) is 14.8 Å². The van der Waals surface area contributed by atoms with Gasteiger partial charge >= 0.3 is 11.6 Å². The lowest BCUT2D eigenvalue weighted by molar-refractivity contribution is -0.386. The Hall–Kier alpha value is -1.52. The van der Waals surface area contributed by atoms with E-state index in [1.807, 2.05) is 0 Å². The minimum Gasteiger partial charge on any atom is -0.472 e. The van der Waals surface area contributed by atoms with Gasteiger partial charge in [0, 0.05) is 19.6 Å². The molecule has 2 heterocycles. The molecule has 0 radical (unpaired) electrons. The van der Waals surface area contributed by atoms with Crippen LogP contribution in [-0.2, 0) is 9.16 Å². The molecule has 0 aliphatic carbocycles. The van der Waals surface area contributed by atoms with Gasteiger partial charge in [0.25, 0.3) is 0 Å². The standard InChI is InChI=1S/C18H32FN3O5Si/c1-13-16(22(23)24)17(20-21(13)15-8-11-25-12-14(15)19)26-9-7-10-27-28(5,6)18(2,3)4/h14-15H,7-12H2,1-6H3/t14-,15-/m0/s1. The third-order valence-corrected chi connectivity index (χ3v) is 10.2. The number of aromatic nitrogens is 2. The summed E-state index contributed by atoms with van der Waals surface area (Å²) in [5.41, 5.74) is 0.0936. The number of alkyl halides is 1. The number of hydrogen-bond acceptors (Lipinski definition) is 6. The quantitative estimate of drug-likeness (QED) is 0.273. The zero-order chi connectivity index (χ0) is 21.1. The fourth-order valence-corrected chi connectivity index (χ4v) is 3.94. The smallest absolute Gasteiger partial charge is 0.352 e. The summed E-state index contributed by atoms with van der Waals surface area (Å²) >= 11 is 0. The maximum atomic E-state index is 14.2. The number of nitrogens with zero attached hydrogens (tertiary/aromatic N) is 3. The Labute approximate surface area is 166 Å². The Balaban J connectivity index is 2.01. The Morgan fingerprint density at radius 2 is 2.07 bits per heavy atom. The first-order chi connectivity index (χ1) is 13.0. The highest BCUT2D eigenvalue weighted by molar-refractivity contribution is 6.74. The van der Waals surface area contributed by atoms with E-state index in [1.165, 1.54) is 4.68 Å². The third kappa shape index (κ3) is 5.09. The SMILES string of the molecule is Cc1c([N+](=O)[O-])c(OCCCO[Si](C)(C)C(C)(C)C)nn1[C@H]1CCOC[C@@H]1F. The summed E-state index contributed by atoms with van der Waals surface area (Å²) in [7, 11) is -1.84. The van der Waals surface area contributed by atoms with E-state index in [0.29, 0.717) is 31.7 Å². The molecule has 0 amide bonds. The van der Waals surface area contributed by atoms with Crippen LogP contribution in [0, 0.1) is 17.0 Å². The third-order valence-electron chi connectivity index (χ3n) is 5.63. The maximum Gasteiger partial charge on any atom is 0.352 e. The minimum atomic E-state index is -1.84. The molecule has 2 rings (SSSR count). The van der Waals surface area contributed by atoms with Crippen LogP contribution in [-0.4, -0.2) is 55.6 Å². The van der Waals surface area contributed by atoms with Gasteiger partial charge in [-0.25, -0.2) is 4.39 Å². The summed E-state index contributed by atoms with van der Waals surface area (Å²) < 4.78 is 32.4. The lowest BCUT2D eigenvalue weighted by Crippen LogP contribution is -2.41. The van der Waals surface area contributed by atoms with E-state index >= 15 is 0 Å². The van der Waals surface area contributed by atoms with Crippen molar-refractivity contribution in [3.63, 3.8) is 0 Å². The average molecular weight is 418 g/mol. The number of halogens is 1. The summed E-state index contributed by atoms with van der Waals surface area (Å²) in [6.07, 6.45) is -0.239. The fourth-order valence-electron chi connectivity index (χ4n) is 2.85. The van der Waals surface area contributed by atoms with E-state index in [2.05, 4.69) is 39.0 Å². The topological polar surface area (TPSA) is 88.7 Å². The van der Waals surface area contributed by atoms with Crippen molar-refractivity contribution in [1.82, 2.24) is 9.78 Å². The Kier molecular flexibility index (Phi) is 7.21. The van der Waals surface area contributed by atoms with Crippen molar-refractivity contribution < 1.29 is 23.2 Å². The normalized spacial score (nSPS) is 21.0. The molecule has 0 bridgehead atoms. The molecule has 1 aromatic rings. The van der Waals surface area contributed by atoms with Gasteiger partial charge in [-0.05, 0) is 31.5 Å². The fraction of sp³-hybridized carbons (Fsp3) is 0.833. The van der Waals surface area contributed by atoms with Crippen LogP contribution in [0.3, 0.4) is 0 Å². The van der Waals surface area contributed by atoms with E-state index < -0.39 is 25.5 Å². The molecule has 2 atom stereocenters. The molecule has 8 nitrogen and oxygen atoms in total. The molecule has 1 aliphatic heterocycles. The summed E-state index contributed by atoms with van der Waals surface area (Å²) in [5, 5.41) is 15.8. The Morgan fingerprint density at radius 1 is 1.39 bits per heavy atom. The molecule has 0 unspecified atom stereocenters. The summed E-state index contributed by atoms with van der Waals surface area (Å²) in [5.74, 6) is -0.0616. The molecule has 0 aromatic carbocycles. The van der Waals surface area contributed by atoms with Crippen molar-refractivity contribution in [1.29, 1.82) is 0 Å². The molecule has 1 aliphatic rings. The first-order valence-corrected chi connectivity index (χ1v) is 12.6. The minimum absolute atomic E-state index is 0.0290. The van der Waals surface area contributed by atoms with Crippen LogP contribution < -0.4 is 4.74 Å². The maximum absolute atomic E-state index is 14.2.